The molecular formula is C29H31F3N6O. The second kappa shape index (κ2) is 8.55. The van der Waals surface area contributed by atoms with Crippen LogP contribution in [0.15, 0.2) is 47.7 Å². The number of likely N-dealkylation sites (tertiary alicyclic amines) is 1. The van der Waals surface area contributed by atoms with Gasteiger partial charge in [-0.25, -0.2) is 0 Å². The Hall–Kier alpha value is -3.40. The Morgan fingerprint density at radius 2 is 1.90 bits per heavy atom. The number of aryl methyl sites for hydroxylation is 1. The van der Waals surface area contributed by atoms with E-state index in [0.717, 1.165) is 60.9 Å². The standard InChI is InChI=1S/C29H31F3N6O/c1-36-18-33-35-26(36)28(8-3-9-28)19-5-2-6-21(13-19)38-16-23(29(30,31)32)22-14-20(34-24(22)25(38)39)15-37-12-4-7-27(17-37)10-11-27/h2,5-6,13-14,16,18,34H,3-4,7-12,15,17H2,1H3. The van der Waals surface area contributed by atoms with Crippen LogP contribution in [-0.4, -0.2) is 42.3 Å². The van der Waals surface area contributed by atoms with E-state index in [1.165, 1.54) is 25.3 Å². The van der Waals surface area contributed by atoms with E-state index in [1.54, 1.807) is 18.5 Å². The summed E-state index contributed by atoms with van der Waals surface area (Å²) in [6.45, 7) is 2.41. The first-order chi connectivity index (χ1) is 18.7. The molecule has 2 saturated carbocycles. The lowest BCUT2D eigenvalue weighted by molar-refractivity contribution is -0.136. The summed E-state index contributed by atoms with van der Waals surface area (Å²) in [5.41, 5.74) is 0.711. The number of nitrogens with one attached hydrogen (secondary N) is 1. The molecule has 1 aliphatic heterocycles. The fourth-order valence-corrected chi connectivity index (χ4v) is 6.88. The molecule has 0 amide bonds. The van der Waals surface area contributed by atoms with E-state index in [9.17, 15) is 18.0 Å². The maximum atomic E-state index is 14.3. The van der Waals surface area contributed by atoms with E-state index in [1.807, 2.05) is 23.7 Å². The fourth-order valence-electron chi connectivity index (χ4n) is 6.88. The van der Waals surface area contributed by atoms with E-state index in [2.05, 4.69) is 20.1 Å². The summed E-state index contributed by atoms with van der Waals surface area (Å²) < 4.78 is 46.0. The molecule has 4 heterocycles. The topological polar surface area (TPSA) is 71.7 Å². The quantitative estimate of drug-likeness (QED) is 0.375. The van der Waals surface area contributed by atoms with Gasteiger partial charge in [0.1, 0.15) is 17.7 Å². The predicted octanol–water partition coefficient (Wildman–Crippen LogP) is 5.31. The van der Waals surface area contributed by atoms with Crippen molar-refractivity contribution in [3.05, 3.63) is 75.9 Å². The lowest BCUT2D eigenvalue weighted by Gasteiger charge is -2.41. The van der Waals surface area contributed by atoms with Crippen molar-refractivity contribution < 1.29 is 13.2 Å². The van der Waals surface area contributed by atoms with E-state index < -0.39 is 17.3 Å². The third-order valence-electron chi connectivity index (χ3n) is 9.27. The third-order valence-corrected chi connectivity index (χ3v) is 9.27. The number of halogens is 3. The van der Waals surface area contributed by atoms with Crippen LogP contribution in [-0.2, 0) is 25.2 Å². The maximum Gasteiger partial charge on any atom is 0.418 e. The first-order valence-corrected chi connectivity index (χ1v) is 13.7. The van der Waals surface area contributed by atoms with Crippen molar-refractivity contribution in [1.82, 2.24) is 29.2 Å². The summed E-state index contributed by atoms with van der Waals surface area (Å²) in [6.07, 6.45) is 5.55. The van der Waals surface area contributed by atoms with E-state index in [-0.39, 0.29) is 16.3 Å². The van der Waals surface area contributed by atoms with Crippen LogP contribution < -0.4 is 5.56 Å². The predicted molar refractivity (Wildman–Crippen MR) is 141 cm³/mol. The smallest absolute Gasteiger partial charge is 0.353 e. The normalized spacial score (nSPS) is 20.4. The van der Waals surface area contributed by atoms with Crippen molar-refractivity contribution in [2.24, 2.45) is 12.5 Å². The minimum atomic E-state index is -4.61. The largest absolute Gasteiger partial charge is 0.418 e. The number of nitrogens with zero attached hydrogens (tertiary/aromatic N) is 5. The van der Waals surface area contributed by atoms with Crippen molar-refractivity contribution in [3.63, 3.8) is 0 Å². The Labute approximate surface area is 223 Å². The highest BCUT2D eigenvalue weighted by atomic mass is 19.4. The number of hydrogen-bond acceptors (Lipinski definition) is 4. The van der Waals surface area contributed by atoms with Gasteiger partial charge in [0.15, 0.2) is 0 Å². The van der Waals surface area contributed by atoms with Crippen LogP contribution in [0, 0.1) is 5.41 Å². The Morgan fingerprint density at radius 1 is 1.08 bits per heavy atom. The number of alkyl halides is 3. The zero-order chi connectivity index (χ0) is 27.0. The van der Waals surface area contributed by atoms with E-state index in [0.29, 0.717) is 23.3 Å². The van der Waals surface area contributed by atoms with Gasteiger partial charge in [0.2, 0.25) is 0 Å². The number of hydrogen-bond donors (Lipinski definition) is 1. The molecule has 7 nitrogen and oxygen atoms in total. The molecule has 0 bridgehead atoms. The first-order valence-electron chi connectivity index (χ1n) is 13.7. The Morgan fingerprint density at radius 3 is 2.56 bits per heavy atom. The summed E-state index contributed by atoms with van der Waals surface area (Å²) >= 11 is 0. The monoisotopic (exact) mass is 536 g/mol. The van der Waals surface area contributed by atoms with Gasteiger partial charge in [-0.3, -0.25) is 14.3 Å². The average molecular weight is 537 g/mol. The van der Waals surface area contributed by atoms with Crippen molar-refractivity contribution in [2.45, 2.75) is 63.1 Å². The summed E-state index contributed by atoms with van der Waals surface area (Å²) in [4.78, 5) is 19.1. The van der Waals surface area contributed by atoms with Crippen LogP contribution in [0.1, 0.15) is 67.6 Å². The minimum absolute atomic E-state index is 0.00460. The van der Waals surface area contributed by atoms with Crippen LogP contribution in [0.5, 0.6) is 0 Å². The summed E-state index contributed by atoms with van der Waals surface area (Å²) in [7, 11) is 1.89. The molecule has 1 saturated heterocycles. The molecular weight excluding hydrogens is 505 g/mol. The zero-order valence-electron chi connectivity index (χ0n) is 21.9. The lowest BCUT2D eigenvalue weighted by atomic mass is 9.63. The van der Waals surface area contributed by atoms with Gasteiger partial charge in [-0.2, -0.15) is 13.2 Å². The molecule has 4 aromatic rings. The van der Waals surface area contributed by atoms with Gasteiger partial charge in [-0.1, -0.05) is 18.6 Å². The second-order valence-electron chi connectivity index (χ2n) is 11.9. The summed E-state index contributed by atoms with van der Waals surface area (Å²) in [5, 5.41) is 8.32. The van der Waals surface area contributed by atoms with Gasteiger partial charge >= 0.3 is 6.18 Å². The fraction of sp³-hybridized carbons (Fsp3) is 0.483. The Kier molecular flexibility index (Phi) is 5.40. The molecule has 1 spiro atoms. The van der Waals surface area contributed by atoms with Crippen molar-refractivity contribution in [1.29, 1.82) is 0 Å². The molecule has 1 aromatic carbocycles. The van der Waals surface area contributed by atoms with Crippen molar-refractivity contribution >= 4 is 10.9 Å². The maximum absolute atomic E-state index is 14.3. The molecule has 2 aliphatic carbocycles. The molecule has 39 heavy (non-hydrogen) atoms. The number of aromatic amines is 1. The highest BCUT2D eigenvalue weighted by Gasteiger charge is 2.46. The van der Waals surface area contributed by atoms with Gasteiger partial charge < -0.3 is 9.55 Å². The molecule has 204 valence electrons. The highest BCUT2D eigenvalue weighted by Crippen LogP contribution is 2.52. The van der Waals surface area contributed by atoms with Crippen LogP contribution in [0.2, 0.25) is 0 Å². The zero-order valence-corrected chi connectivity index (χ0v) is 21.9. The number of piperidine rings is 1. The molecule has 0 unspecified atom stereocenters. The number of fused-ring (bicyclic) bond motifs is 1. The van der Waals surface area contributed by atoms with Gasteiger partial charge in [-0.05, 0) is 74.2 Å². The average Bonchev–Trinajstić information content (AvgIpc) is 3.25. The number of rotatable bonds is 5. The highest BCUT2D eigenvalue weighted by molar-refractivity contribution is 5.84. The summed E-state index contributed by atoms with van der Waals surface area (Å²) in [6, 6.07) is 8.80. The third kappa shape index (κ3) is 4.02. The lowest BCUT2D eigenvalue weighted by Crippen LogP contribution is -2.38. The van der Waals surface area contributed by atoms with Crippen LogP contribution >= 0.6 is 0 Å². The number of H-pyrrole nitrogens is 1. The van der Waals surface area contributed by atoms with Gasteiger partial charge in [0, 0.05) is 43.1 Å². The molecule has 7 rings (SSSR count). The molecule has 3 aliphatic rings. The second-order valence-corrected chi connectivity index (χ2v) is 11.9. The molecule has 0 radical (unpaired) electrons. The van der Waals surface area contributed by atoms with Crippen molar-refractivity contribution in [2.75, 3.05) is 13.1 Å². The first kappa shape index (κ1) is 24.6. The minimum Gasteiger partial charge on any atom is -0.353 e. The molecule has 3 aromatic heterocycles. The molecule has 1 N–H and O–H groups in total. The molecule has 10 heteroatoms. The molecule has 3 fully saturated rings. The van der Waals surface area contributed by atoms with Gasteiger partial charge in [0.05, 0.1) is 11.0 Å². The van der Waals surface area contributed by atoms with Crippen LogP contribution in [0.25, 0.3) is 16.6 Å². The Bertz CT molecular complexity index is 1620. The Balaban J connectivity index is 1.31. The van der Waals surface area contributed by atoms with Crippen LogP contribution in [0.3, 0.4) is 0 Å². The number of benzene rings is 1. The summed E-state index contributed by atoms with van der Waals surface area (Å²) in [5.74, 6) is 0.823. The van der Waals surface area contributed by atoms with Crippen LogP contribution in [0.4, 0.5) is 13.2 Å². The number of pyridine rings is 1. The van der Waals surface area contributed by atoms with Gasteiger partial charge in [0.25, 0.3) is 5.56 Å². The van der Waals surface area contributed by atoms with Crippen molar-refractivity contribution in [3.8, 4) is 5.69 Å². The number of aromatic nitrogens is 5. The van der Waals surface area contributed by atoms with E-state index in [4.69, 9.17) is 0 Å². The van der Waals surface area contributed by atoms with Gasteiger partial charge in [-0.15, -0.1) is 10.2 Å². The SMILES string of the molecule is Cn1cnnc1C1(c2cccc(-n3cc(C(F)(F)F)c4cc(CN5CCCC6(CC6)C5)[nH]c4c3=O)c2)CCC1. The molecule has 0 atom stereocenters. The van der Waals surface area contributed by atoms with E-state index >= 15 is 0 Å².